The summed E-state index contributed by atoms with van der Waals surface area (Å²) in [6, 6.07) is 0. The average molecular weight is 255 g/mol. The summed E-state index contributed by atoms with van der Waals surface area (Å²) in [5.74, 6) is 1.85. The van der Waals surface area contributed by atoms with Crippen molar-refractivity contribution < 1.29 is 9.84 Å². The second kappa shape index (κ2) is 4.88. The third kappa shape index (κ3) is 2.17. The van der Waals surface area contributed by atoms with E-state index in [9.17, 15) is 0 Å². The summed E-state index contributed by atoms with van der Waals surface area (Å²) in [5.41, 5.74) is 1.01. The molecule has 3 fully saturated rings. The van der Waals surface area contributed by atoms with Crippen LogP contribution in [-0.4, -0.2) is 51.6 Å². The molecule has 3 aliphatic rings. The van der Waals surface area contributed by atoms with Crippen molar-refractivity contribution >= 4 is 11.7 Å². The number of rotatable bonds is 4. The van der Waals surface area contributed by atoms with E-state index in [2.05, 4.69) is 13.6 Å². The Kier molecular flexibility index (Phi) is 3.26. The first-order chi connectivity index (χ1) is 8.38. The molecule has 0 amide bonds. The molecule has 1 N–H and O–H groups in total. The Bertz CT molecular complexity index is 377. The van der Waals surface area contributed by atoms with Crippen LogP contribution in [0.15, 0.2) is 0 Å². The van der Waals surface area contributed by atoms with Crippen LogP contribution in [0.3, 0.4) is 0 Å². The summed E-state index contributed by atoms with van der Waals surface area (Å²) in [7, 11) is 0. The van der Waals surface area contributed by atoms with Crippen LogP contribution in [-0.2, 0) is 0 Å². The van der Waals surface area contributed by atoms with E-state index in [1.165, 1.54) is 37.7 Å². The molecule has 1 atom stereocenters. The molecule has 2 bridgehead atoms. The van der Waals surface area contributed by atoms with Gasteiger partial charge in [0.1, 0.15) is 12.3 Å². The average Bonchev–Trinajstić information content (AvgIpc) is 2.86. The highest BCUT2D eigenvalue weighted by Gasteiger charge is 2.38. The van der Waals surface area contributed by atoms with Gasteiger partial charge in [-0.15, -0.1) is 4.37 Å². The predicted molar refractivity (Wildman–Crippen MR) is 64.4 cm³/mol. The summed E-state index contributed by atoms with van der Waals surface area (Å²) >= 11 is 1.21. The van der Waals surface area contributed by atoms with Crippen molar-refractivity contribution in [3.63, 3.8) is 0 Å². The lowest BCUT2D eigenvalue weighted by molar-refractivity contribution is 0.0836. The number of aliphatic hydroxyl groups is 1. The molecule has 4 rings (SSSR count). The van der Waals surface area contributed by atoms with Crippen molar-refractivity contribution in [1.29, 1.82) is 0 Å². The Morgan fingerprint density at radius 2 is 2.18 bits per heavy atom. The molecule has 0 saturated carbocycles. The zero-order valence-corrected chi connectivity index (χ0v) is 10.5. The molecule has 0 aliphatic carbocycles. The quantitative estimate of drug-likeness (QED) is 0.859. The summed E-state index contributed by atoms with van der Waals surface area (Å²) in [5, 5.41) is 8.79. The van der Waals surface area contributed by atoms with Gasteiger partial charge in [-0.1, -0.05) is 0 Å². The highest BCUT2D eigenvalue weighted by Crippen LogP contribution is 2.41. The van der Waals surface area contributed by atoms with Crippen LogP contribution < -0.4 is 4.74 Å². The van der Waals surface area contributed by atoms with Crippen LogP contribution in [0.25, 0.3) is 0 Å². The van der Waals surface area contributed by atoms with Crippen LogP contribution >= 0.6 is 11.7 Å². The topological polar surface area (TPSA) is 58.5 Å². The second-order valence-electron chi connectivity index (χ2n) is 4.77. The molecule has 0 spiro atoms. The Morgan fingerprint density at radius 3 is 2.82 bits per heavy atom. The molecule has 17 heavy (non-hydrogen) atoms. The molecular weight excluding hydrogens is 238 g/mol. The molecular formula is C11H17N3O2S. The lowest BCUT2D eigenvalue weighted by atomic mass is 9.77. The maximum atomic E-state index is 8.79. The van der Waals surface area contributed by atoms with Gasteiger partial charge >= 0.3 is 0 Å². The van der Waals surface area contributed by atoms with E-state index in [0.717, 1.165) is 18.2 Å². The molecule has 4 heterocycles. The van der Waals surface area contributed by atoms with E-state index in [0.29, 0.717) is 18.4 Å². The molecule has 3 saturated heterocycles. The third-order valence-electron chi connectivity index (χ3n) is 3.82. The lowest BCUT2D eigenvalue weighted by Gasteiger charge is -2.44. The van der Waals surface area contributed by atoms with Crippen LogP contribution in [0, 0.1) is 5.92 Å². The van der Waals surface area contributed by atoms with Gasteiger partial charge in [0.25, 0.3) is 0 Å². The van der Waals surface area contributed by atoms with Gasteiger partial charge in [-0.3, -0.25) is 0 Å². The number of hydrogen-bond acceptors (Lipinski definition) is 6. The third-order valence-corrected chi connectivity index (χ3v) is 4.35. The van der Waals surface area contributed by atoms with Crippen molar-refractivity contribution in [1.82, 2.24) is 13.6 Å². The summed E-state index contributed by atoms with van der Waals surface area (Å²) in [4.78, 5) is 2.50. The minimum Gasteiger partial charge on any atom is -0.473 e. The van der Waals surface area contributed by atoms with E-state index in [-0.39, 0.29) is 6.61 Å². The van der Waals surface area contributed by atoms with Gasteiger partial charge in [0.2, 0.25) is 5.88 Å². The Labute approximate surface area is 105 Å². The molecule has 0 aromatic carbocycles. The second-order valence-corrected chi connectivity index (χ2v) is 5.30. The zero-order valence-electron chi connectivity index (χ0n) is 9.71. The summed E-state index contributed by atoms with van der Waals surface area (Å²) < 4.78 is 14.1. The van der Waals surface area contributed by atoms with Crippen molar-refractivity contribution in [2.24, 2.45) is 5.92 Å². The van der Waals surface area contributed by atoms with Crippen molar-refractivity contribution in [3.8, 4) is 5.88 Å². The highest BCUT2D eigenvalue weighted by atomic mass is 32.1. The molecule has 6 heteroatoms. The SMILES string of the molecule is OCCOc1nsnc1C1CN2CCC1CC2. The number of piperidine rings is 3. The Hall–Kier alpha value is -0.720. The molecule has 5 nitrogen and oxygen atoms in total. The first-order valence-corrected chi connectivity index (χ1v) is 6.90. The van der Waals surface area contributed by atoms with Crippen molar-refractivity contribution in [3.05, 3.63) is 5.69 Å². The maximum absolute atomic E-state index is 8.79. The van der Waals surface area contributed by atoms with E-state index in [4.69, 9.17) is 9.84 Å². The van der Waals surface area contributed by atoms with Gasteiger partial charge < -0.3 is 14.7 Å². The van der Waals surface area contributed by atoms with Gasteiger partial charge in [0.15, 0.2) is 0 Å². The fourth-order valence-electron chi connectivity index (χ4n) is 2.93. The zero-order chi connectivity index (χ0) is 11.7. The predicted octanol–water partition coefficient (Wildman–Crippen LogP) is 0.718. The van der Waals surface area contributed by atoms with E-state index in [1.54, 1.807) is 0 Å². The van der Waals surface area contributed by atoms with Gasteiger partial charge in [-0.2, -0.15) is 4.37 Å². The standard InChI is InChI=1S/C11H17N3O2S/c15-5-6-16-11-10(12-17-13-11)9-7-14-3-1-8(9)2-4-14/h8-9,15H,1-7H2. The lowest BCUT2D eigenvalue weighted by Crippen LogP contribution is -2.46. The summed E-state index contributed by atoms with van der Waals surface area (Å²) in [6.45, 7) is 3.87. The van der Waals surface area contributed by atoms with Crippen LogP contribution in [0.5, 0.6) is 5.88 Å². The monoisotopic (exact) mass is 255 g/mol. The van der Waals surface area contributed by atoms with E-state index in [1.807, 2.05) is 0 Å². The molecule has 1 unspecified atom stereocenters. The molecule has 1 aromatic heterocycles. The normalized spacial score (nSPS) is 31.7. The number of aromatic nitrogens is 2. The smallest absolute Gasteiger partial charge is 0.249 e. The molecule has 0 radical (unpaired) electrons. The highest BCUT2D eigenvalue weighted by molar-refractivity contribution is 6.99. The van der Waals surface area contributed by atoms with Crippen LogP contribution in [0.4, 0.5) is 0 Å². The molecule has 1 aromatic rings. The maximum Gasteiger partial charge on any atom is 0.249 e. The Balaban J connectivity index is 1.77. The first kappa shape index (κ1) is 11.4. The number of ether oxygens (including phenoxy) is 1. The number of fused-ring (bicyclic) bond motifs is 3. The number of hydrogen-bond donors (Lipinski definition) is 1. The largest absolute Gasteiger partial charge is 0.473 e. The first-order valence-electron chi connectivity index (χ1n) is 6.17. The number of aliphatic hydroxyl groups excluding tert-OH is 1. The Morgan fingerprint density at radius 1 is 1.35 bits per heavy atom. The van der Waals surface area contributed by atoms with Crippen molar-refractivity contribution in [2.45, 2.75) is 18.8 Å². The van der Waals surface area contributed by atoms with Gasteiger partial charge in [-0.25, -0.2) is 0 Å². The molecule has 3 aliphatic heterocycles. The fraction of sp³-hybridized carbons (Fsp3) is 0.818. The van der Waals surface area contributed by atoms with Gasteiger partial charge in [-0.05, 0) is 31.8 Å². The van der Waals surface area contributed by atoms with Crippen LogP contribution in [0.2, 0.25) is 0 Å². The van der Waals surface area contributed by atoms with E-state index < -0.39 is 0 Å². The minimum absolute atomic E-state index is 0.0250. The number of nitrogens with zero attached hydrogens (tertiary/aromatic N) is 3. The van der Waals surface area contributed by atoms with E-state index >= 15 is 0 Å². The minimum atomic E-state index is 0.0250. The molecule has 94 valence electrons. The summed E-state index contributed by atoms with van der Waals surface area (Å²) in [6.07, 6.45) is 2.53. The van der Waals surface area contributed by atoms with Crippen LogP contribution in [0.1, 0.15) is 24.5 Å². The van der Waals surface area contributed by atoms with Crippen molar-refractivity contribution in [2.75, 3.05) is 32.8 Å². The van der Waals surface area contributed by atoms with Gasteiger partial charge in [0.05, 0.1) is 18.3 Å². The fourth-order valence-corrected chi connectivity index (χ4v) is 3.49. The van der Waals surface area contributed by atoms with Gasteiger partial charge in [0, 0.05) is 12.5 Å².